The maximum Gasteiger partial charge on any atom is 0.341 e. The zero-order valence-electron chi connectivity index (χ0n) is 9.62. The van der Waals surface area contributed by atoms with Crippen LogP contribution in [0.1, 0.15) is 10.4 Å². The van der Waals surface area contributed by atoms with Crippen molar-refractivity contribution in [3.8, 4) is 0 Å². The summed E-state index contributed by atoms with van der Waals surface area (Å²) in [6.45, 7) is 0. The van der Waals surface area contributed by atoms with Crippen LogP contribution in [0.15, 0.2) is 41.7 Å². The highest BCUT2D eigenvalue weighted by molar-refractivity contribution is 7.98. The van der Waals surface area contributed by atoms with E-state index in [1.54, 1.807) is 11.8 Å². The molecule has 0 saturated carbocycles. The van der Waals surface area contributed by atoms with E-state index in [0.717, 1.165) is 10.6 Å². The Labute approximate surface area is 108 Å². The van der Waals surface area contributed by atoms with E-state index < -0.39 is 5.97 Å². The average Bonchev–Trinajstić information content (AvgIpc) is 2.40. The largest absolute Gasteiger partial charge is 0.477 e. The van der Waals surface area contributed by atoms with E-state index in [1.807, 2.05) is 30.5 Å². The lowest BCUT2D eigenvalue weighted by atomic mass is 10.3. The van der Waals surface area contributed by atoms with Gasteiger partial charge in [0.2, 0.25) is 0 Å². The molecule has 92 valence electrons. The first-order valence-electron chi connectivity index (χ1n) is 5.15. The first kappa shape index (κ1) is 12.4. The molecule has 0 unspecified atom stereocenters. The summed E-state index contributed by atoms with van der Waals surface area (Å²) in [6.07, 6.45) is 4.58. The second-order valence-corrected chi connectivity index (χ2v) is 4.32. The SMILES string of the molecule is CSc1ccc(Nc2ncncc2C(=O)O)cc1. The van der Waals surface area contributed by atoms with Gasteiger partial charge in [-0.3, -0.25) is 0 Å². The van der Waals surface area contributed by atoms with Crippen LogP contribution in [0.5, 0.6) is 0 Å². The molecule has 0 aliphatic rings. The second kappa shape index (κ2) is 5.50. The molecule has 0 aliphatic carbocycles. The van der Waals surface area contributed by atoms with Crippen molar-refractivity contribution in [1.82, 2.24) is 9.97 Å². The van der Waals surface area contributed by atoms with Gasteiger partial charge in [-0.1, -0.05) is 0 Å². The molecule has 0 aliphatic heterocycles. The number of carboxylic acid groups (broad SMARTS) is 1. The fourth-order valence-corrected chi connectivity index (χ4v) is 1.81. The van der Waals surface area contributed by atoms with Crippen LogP contribution >= 0.6 is 11.8 Å². The fourth-order valence-electron chi connectivity index (χ4n) is 1.40. The minimum atomic E-state index is -1.06. The van der Waals surface area contributed by atoms with Crippen LogP contribution in [-0.2, 0) is 0 Å². The topological polar surface area (TPSA) is 75.1 Å². The molecule has 0 bridgehead atoms. The van der Waals surface area contributed by atoms with Crippen molar-refractivity contribution in [3.63, 3.8) is 0 Å². The molecule has 2 aromatic rings. The lowest BCUT2D eigenvalue weighted by Gasteiger charge is -2.08. The van der Waals surface area contributed by atoms with Crippen LogP contribution in [0.2, 0.25) is 0 Å². The summed E-state index contributed by atoms with van der Waals surface area (Å²) in [5, 5.41) is 12.0. The highest BCUT2D eigenvalue weighted by atomic mass is 32.2. The van der Waals surface area contributed by atoms with Crippen molar-refractivity contribution in [3.05, 3.63) is 42.4 Å². The summed E-state index contributed by atoms with van der Waals surface area (Å²) in [5.41, 5.74) is 0.834. The van der Waals surface area contributed by atoms with Gasteiger partial charge in [-0.05, 0) is 30.5 Å². The quantitative estimate of drug-likeness (QED) is 0.824. The van der Waals surface area contributed by atoms with Crippen molar-refractivity contribution >= 4 is 29.2 Å². The first-order valence-corrected chi connectivity index (χ1v) is 6.37. The molecule has 0 atom stereocenters. The van der Waals surface area contributed by atoms with Crippen molar-refractivity contribution < 1.29 is 9.90 Å². The van der Waals surface area contributed by atoms with Crippen LogP contribution in [0.3, 0.4) is 0 Å². The number of aromatic nitrogens is 2. The lowest BCUT2D eigenvalue weighted by molar-refractivity contribution is 0.0697. The van der Waals surface area contributed by atoms with Gasteiger partial charge >= 0.3 is 5.97 Å². The molecular weight excluding hydrogens is 250 g/mol. The number of benzene rings is 1. The molecule has 1 aromatic carbocycles. The number of anilines is 2. The molecule has 1 aromatic heterocycles. The van der Waals surface area contributed by atoms with Crippen LogP contribution in [-0.4, -0.2) is 27.3 Å². The molecule has 2 N–H and O–H groups in total. The molecule has 0 fully saturated rings. The Morgan fingerprint density at radius 1 is 1.33 bits per heavy atom. The second-order valence-electron chi connectivity index (χ2n) is 3.44. The van der Waals surface area contributed by atoms with Crippen LogP contribution < -0.4 is 5.32 Å². The van der Waals surface area contributed by atoms with E-state index in [-0.39, 0.29) is 11.4 Å². The highest BCUT2D eigenvalue weighted by Crippen LogP contribution is 2.21. The summed E-state index contributed by atoms with van der Waals surface area (Å²) in [6, 6.07) is 7.66. The van der Waals surface area contributed by atoms with Crippen molar-refractivity contribution in [1.29, 1.82) is 0 Å². The third kappa shape index (κ3) is 2.78. The van der Waals surface area contributed by atoms with Gasteiger partial charge in [-0.2, -0.15) is 0 Å². The lowest BCUT2D eigenvalue weighted by Crippen LogP contribution is -2.05. The van der Waals surface area contributed by atoms with Crippen molar-refractivity contribution in [2.24, 2.45) is 0 Å². The number of rotatable bonds is 4. The Balaban J connectivity index is 2.25. The van der Waals surface area contributed by atoms with Crippen LogP contribution in [0.25, 0.3) is 0 Å². The Kier molecular flexibility index (Phi) is 3.78. The van der Waals surface area contributed by atoms with E-state index >= 15 is 0 Å². The molecule has 0 saturated heterocycles. The van der Waals surface area contributed by atoms with Gasteiger partial charge < -0.3 is 10.4 Å². The number of thioether (sulfide) groups is 1. The maximum absolute atomic E-state index is 11.0. The maximum atomic E-state index is 11.0. The molecule has 0 spiro atoms. The minimum Gasteiger partial charge on any atom is -0.477 e. The molecule has 1 heterocycles. The van der Waals surface area contributed by atoms with Gasteiger partial charge in [-0.25, -0.2) is 14.8 Å². The number of hydrogen-bond acceptors (Lipinski definition) is 5. The van der Waals surface area contributed by atoms with Gasteiger partial charge in [0.05, 0.1) is 0 Å². The van der Waals surface area contributed by atoms with Crippen molar-refractivity contribution in [2.75, 3.05) is 11.6 Å². The Hall–Kier alpha value is -2.08. The average molecular weight is 261 g/mol. The molecular formula is C12H11N3O2S. The predicted octanol–water partition coefficient (Wildman–Crippen LogP) is 2.64. The van der Waals surface area contributed by atoms with Crippen LogP contribution in [0, 0.1) is 0 Å². The number of hydrogen-bond donors (Lipinski definition) is 2. The van der Waals surface area contributed by atoms with Gasteiger partial charge in [0.1, 0.15) is 17.7 Å². The molecule has 0 radical (unpaired) electrons. The van der Waals surface area contributed by atoms with Crippen molar-refractivity contribution in [2.45, 2.75) is 4.90 Å². The molecule has 18 heavy (non-hydrogen) atoms. The number of aromatic carboxylic acids is 1. The number of carbonyl (C=O) groups is 1. The molecule has 6 heteroatoms. The molecule has 2 rings (SSSR count). The molecule has 0 amide bonds. The van der Waals surface area contributed by atoms with Gasteiger partial charge in [-0.15, -0.1) is 11.8 Å². The van der Waals surface area contributed by atoms with E-state index in [1.165, 1.54) is 12.5 Å². The Bertz CT molecular complexity index is 558. The monoisotopic (exact) mass is 261 g/mol. The van der Waals surface area contributed by atoms with E-state index in [2.05, 4.69) is 15.3 Å². The zero-order valence-corrected chi connectivity index (χ0v) is 10.4. The number of nitrogens with zero attached hydrogens (tertiary/aromatic N) is 2. The minimum absolute atomic E-state index is 0.0476. The summed E-state index contributed by atoms with van der Waals surface area (Å²) >= 11 is 1.64. The summed E-state index contributed by atoms with van der Waals surface area (Å²) in [7, 11) is 0. The summed E-state index contributed by atoms with van der Waals surface area (Å²) in [4.78, 5) is 19.8. The molecule has 5 nitrogen and oxygen atoms in total. The Morgan fingerprint density at radius 3 is 2.67 bits per heavy atom. The van der Waals surface area contributed by atoms with Crippen LogP contribution in [0.4, 0.5) is 11.5 Å². The standard InChI is InChI=1S/C12H11N3O2S/c1-18-9-4-2-8(3-5-9)15-11-10(12(16)17)6-13-7-14-11/h2-7H,1H3,(H,16,17)(H,13,14,15). The van der Waals surface area contributed by atoms with E-state index in [4.69, 9.17) is 5.11 Å². The van der Waals surface area contributed by atoms with Gasteiger partial charge in [0.15, 0.2) is 0 Å². The normalized spacial score (nSPS) is 10.1. The number of nitrogens with one attached hydrogen (secondary N) is 1. The smallest absolute Gasteiger partial charge is 0.341 e. The third-order valence-electron chi connectivity index (χ3n) is 2.30. The highest BCUT2D eigenvalue weighted by Gasteiger charge is 2.11. The van der Waals surface area contributed by atoms with Gasteiger partial charge in [0, 0.05) is 16.8 Å². The first-order chi connectivity index (χ1) is 8.70. The van der Waals surface area contributed by atoms with E-state index in [9.17, 15) is 4.79 Å². The zero-order chi connectivity index (χ0) is 13.0. The predicted molar refractivity (Wildman–Crippen MR) is 70.5 cm³/mol. The van der Waals surface area contributed by atoms with Gasteiger partial charge in [0.25, 0.3) is 0 Å². The number of carboxylic acids is 1. The Morgan fingerprint density at radius 2 is 2.06 bits per heavy atom. The fraction of sp³-hybridized carbons (Fsp3) is 0.0833. The summed E-state index contributed by atoms with van der Waals surface area (Å²) in [5.74, 6) is -0.770. The van der Waals surface area contributed by atoms with E-state index in [0.29, 0.717) is 0 Å². The third-order valence-corrected chi connectivity index (χ3v) is 3.04. The summed E-state index contributed by atoms with van der Waals surface area (Å²) < 4.78 is 0.